The van der Waals surface area contributed by atoms with Gasteiger partial charge in [-0.1, -0.05) is 13.3 Å². The first-order chi connectivity index (χ1) is 6.75. The monoisotopic (exact) mass is 194 g/mol. The van der Waals surface area contributed by atoms with Crippen LogP contribution in [0.25, 0.3) is 0 Å². The van der Waals surface area contributed by atoms with Crippen molar-refractivity contribution in [2.24, 2.45) is 0 Å². The summed E-state index contributed by atoms with van der Waals surface area (Å²) in [6, 6.07) is 3.15. The van der Waals surface area contributed by atoms with Gasteiger partial charge in [-0.25, -0.2) is 0 Å². The highest BCUT2D eigenvalue weighted by atomic mass is 16.2. The van der Waals surface area contributed by atoms with E-state index in [1.807, 2.05) is 6.92 Å². The van der Waals surface area contributed by atoms with Crippen molar-refractivity contribution in [1.29, 1.82) is 0 Å². The maximum atomic E-state index is 11.4. The van der Waals surface area contributed by atoms with Crippen LogP contribution in [0.4, 0.5) is 0 Å². The van der Waals surface area contributed by atoms with E-state index in [1.54, 1.807) is 6.07 Å². The third-order valence-corrected chi connectivity index (χ3v) is 1.88. The molecular weight excluding hydrogens is 180 g/mol. The average Bonchev–Trinajstić information content (AvgIpc) is 2.18. The number of unbranched alkanes of at least 4 members (excludes halogenated alkanes) is 1. The minimum atomic E-state index is -0.346. The van der Waals surface area contributed by atoms with Gasteiger partial charge in [0.25, 0.3) is 11.5 Å². The molecule has 0 aliphatic rings. The van der Waals surface area contributed by atoms with Crippen molar-refractivity contribution in [3.05, 3.63) is 34.2 Å². The van der Waals surface area contributed by atoms with Gasteiger partial charge in [-0.3, -0.25) is 9.59 Å². The molecule has 1 amide bonds. The van der Waals surface area contributed by atoms with E-state index in [2.05, 4.69) is 10.3 Å². The number of carbonyl (C=O) groups is 1. The molecule has 0 saturated carbocycles. The summed E-state index contributed by atoms with van der Waals surface area (Å²) in [6.07, 6.45) is 3.45. The van der Waals surface area contributed by atoms with Crippen LogP contribution in [-0.4, -0.2) is 17.4 Å². The second kappa shape index (κ2) is 5.21. The maximum absolute atomic E-state index is 11.4. The molecule has 2 N–H and O–H groups in total. The molecule has 76 valence electrons. The largest absolute Gasteiger partial charge is 0.352 e. The predicted molar refractivity (Wildman–Crippen MR) is 54.3 cm³/mol. The number of aromatic amines is 1. The fraction of sp³-hybridized carbons (Fsp3) is 0.400. The molecule has 0 aliphatic carbocycles. The number of hydrogen-bond acceptors (Lipinski definition) is 2. The molecule has 1 rings (SSSR count). The van der Waals surface area contributed by atoms with Gasteiger partial charge in [0.15, 0.2) is 0 Å². The van der Waals surface area contributed by atoms with Gasteiger partial charge in [-0.15, -0.1) is 0 Å². The Hall–Kier alpha value is -1.58. The molecule has 0 radical (unpaired) electrons. The molecule has 0 fully saturated rings. The summed E-state index contributed by atoms with van der Waals surface area (Å²) in [5.74, 6) is -0.305. The SMILES string of the molecule is CCCCNC(=O)c1ccc[nH]c1=O. The Kier molecular flexibility index (Phi) is 3.91. The Bertz CT molecular complexity index is 357. The highest BCUT2D eigenvalue weighted by Gasteiger charge is 2.07. The molecule has 1 heterocycles. The van der Waals surface area contributed by atoms with E-state index >= 15 is 0 Å². The van der Waals surface area contributed by atoms with Crippen LogP contribution in [-0.2, 0) is 0 Å². The molecule has 0 atom stereocenters. The quantitative estimate of drug-likeness (QED) is 0.700. The summed E-state index contributed by atoms with van der Waals surface area (Å²) in [5, 5.41) is 2.68. The second-order valence-corrected chi connectivity index (χ2v) is 3.02. The predicted octanol–water partition coefficient (Wildman–Crippen LogP) is 0.905. The van der Waals surface area contributed by atoms with Crippen molar-refractivity contribution in [2.45, 2.75) is 19.8 Å². The molecule has 0 saturated heterocycles. The van der Waals surface area contributed by atoms with Crippen LogP contribution in [0.15, 0.2) is 23.1 Å². The lowest BCUT2D eigenvalue weighted by Crippen LogP contribution is -2.29. The Morgan fingerprint density at radius 1 is 1.57 bits per heavy atom. The van der Waals surface area contributed by atoms with Crippen LogP contribution in [0.5, 0.6) is 0 Å². The zero-order chi connectivity index (χ0) is 10.4. The Morgan fingerprint density at radius 3 is 3.00 bits per heavy atom. The topological polar surface area (TPSA) is 62.0 Å². The highest BCUT2D eigenvalue weighted by Crippen LogP contribution is 1.90. The van der Waals surface area contributed by atoms with Gasteiger partial charge in [0, 0.05) is 12.7 Å². The van der Waals surface area contributed by atoms with Crippen LogP contribution >= 0.6 is 0 Å². The van der Waals surface area contributed by atoms with E-state index in [9.17, 15) is 9.59 Å². The molecule has 4 heteroatoms. The van der Waals surface area contributed by atoms with Crippen molar-refractivity contribution in [3.63, 3.8) is 0 Å². The minimum Gasteiger partial charge on any atom is -0.352 e. The van der Waals surface area contributed by atoms with Crippen molar-refractivity contribution in [3.8, 4) is 0 Å². The average molecular weight is 194 g/mol. The number of rotatable bonds is 4. The second-order valence-electron chi connectivity index (χ2n) is 3.02. The molecule has 0 aromatic carbocycles. The standard InChI is InChI=1S/C10H14N2O2/c1-2-3-6-11-9(13)8-5-4-7-12-10(8)14/h4-5,7H,2-3,6H2,1H3,(H,11,13)(H,12,14). The first-order valence-electron chi connectivity index (χ1n) is 4.71. The van der Waals surface area contributed by atoms with Crippen LogP contribution in [0, 0.1) is 0 Å². The molecule has 0 unspecified atom stereocenters. The molecule has 0 bridgehead atoms. The summed E-state index contributed by atoms with van der Waals surface area (Å²) in [7, 11) is 0. The first-order valence-corrected chi connectivity index (χ1v) is 4.71. The van der Waals surface area contributed by atoms with E-state index in [1.165, 1.54) is 12.3 Å². The van der Waals surface area contributed by atoms with Gasteiger partial charge < -0.3 is 10.3 Å². The van der Waals surface area contributed by atoms with Crippen LogP contribution in [0.3, 0.4) is 0 Å². The molecule has 0 aliphatic heterocycles. The molecule has 4 nitrogen and oxygen atoms in total. The number of carbonyl (C=O) groups excluding carboxylic acids is 1. The van der Waals surface area contributed by atoms with Gasteiger partial charge in [-0.2, -0.15) is 0 Å². The number of pyridine rings is 1. The normalized spacial score (nSPS) is 9.79. The number of H-pyrrole nitrogens is 1. The van der Waals surface area contributed by atoms with Crippen LogP contribution in [0.1, 0.15) is 30.1 Å². The van der Waals surface area contributed by atoms with Gasteiger partial charge in [0.2, 0.25) is 0 Å². The zero-order valence-electron chi connectivity index (χ0n) is 8.17. The molecule has 1 aromatic heterocycles. The minimum absolute atomic E-state index is 0.170. The van der Waals surface area contributed by atoms with E-state index in [-0.39, 0.29) is 17.0 Å². The summed E-state index contributed by atoms with van der Waals surface area (Å²) in [5.41, 5.74) is -0.176. The van der Waals surface area contributed by atoms with Crippen molar-refractivity contribution in [2.75, 3.05) is 6.54 Å². The number of aromatic nitrogens is 1. The van der Waals surface area contributed by atoms with Crippen LogP contribution < -0.4 is 10.9 Å². The summed E-state index contributed by atoms with van der Waals surface area (Å²) < 4.78 is 0. The summed E-state index contributed by atoms with van der Waals surface area (Å²) in [4.78, 5) is 25.0. The fourth-order valence-electron chi connectivity index (χ4n) is 1.07. The summed E-state index contributed by atoms with van der Waals surface area (Å²) in [6.45, 7) is 2.66. The number of nitrogens with one attached hydrogen (secondary N) is 2. The Balaban J connectivity index is 2.61. The van der Waals surface area contributed by atoms with Crippen molar-refractivity contribution < 1.29 is 4.79 Å². The Labute approximate surface area is 82.3 Å². The molecule has 0 spiro atoms. The summed E-state index contributed by atoms with van der Waals surface area (Å²) >= 11 is 0. The highest BCUT2D eigenvalue weighted by molar-refractivity contribution is 5.93. The van der Waals surface area contributed by atoms with Gasteiger partial charge >= 0.3 is 0 Å². The van der Waals surface area contributed by atoms with Gasteiger partial charge in [-0.05, 0) is 18.6 Å². The molecule has 1 aromatic rings. The third kappa shape index (κ3) is 2.73. The lowest BCUT2D eigenvalue weighted by molar-refractivity contribution is 0.0951. The lowest BCUT2D eigenvalue weighted by atomic mass is 10.2. The molecule has 14 heavy (non-hydrogen) atoms. The van der Waals surface area contributed by atoms with E-state index in [0.717, 1.165) is 12.8 Å². The number of amides is 1. The third-order valence-electron chi connectivity index (χ3n) is 1.88. The van der Waals surface area contributed by atoms with E-state index in [0.29, 0.717) is 6.54 Å². The molecular formula is C10H14N2O2. The fourth-order valence-corrected chi connectivity index (χ4v) is 1.07. The van der Waals surface area contributed by atoms with Crippen molar-refractivity contribution in [1.82, 2.24) is 10.3 Å². The van der Waals surface area contributed by atoms with E-state index < -0.39 is 0 Å². The van der Waals surface area contributed by atoms with Crippen molar-refractivity contribution >= 4 is 5.91 Å². The number of hydrogen-bond donors (Lipinski definition) is 2. The van der Waals surface area contributed by atoms with Crippen LogP contribution in [0.2, 0.25) is 0 Å². The Morgan fingerprint density at radius 2 is 2.36 bits per heavy atom. The van der Waals surface area contributed by atoms with Gasteiger partial charge in [0.1, 0.15) is 5.56 Å². The van der Waals surface area contributed by atoms with Gasteiger partial charge in [0.05, 0.1) is 0 Å². The maximum Gasteiger partial charge on any atom is 0.260 e. The van der Waals surface area contributed by atoms with E-state index in [4.69, 9.17) is 0 Å². The first kappa shape index (κ1) is 10.5. The zero-order valence-corrected chi connectivity index (χ0v) is 8.17. The smallest absolute Gasteiger partial charge is 0.260 e. The lowest BCUT2D eigenvalue weighted by Gasteiger charge is -2.02.